The molecule has 0 amide bonds. The highest BCUT2D eigenvalue weighted by molar-refractivity contribution is 7.87. The van der Waals surface area contributed by atoms with Crippen LogP contribution in [0.3, 0.4) is 0 Å². The van der Waals surface area contributed by atoms with E-state index in [1.165, 1.54) is 18.5 Å². The minimum atomic E-state index is -3.43. The molecule has 1 aromatic carbocycles. The van der Waals surface area contributed by atoms with E-state index in [4.69, 9.17) is 10.5 Å². The molecule has 0 aromatic heterocycles. The molecule has 0 aliphatic rings. The summed E-state index contributed by atoms with van der Waals surface area (Å²) in [7, 11) is -0.377. The first kappa shape index (κ1) is 19.1. The number of ether oxygens (including phenoxy) is 1. The maximum absolute atomic E-state index is 11.8. The molecule has 0 unspecified atom stereocenters. The monoisotopic (exact) mass is 323 g/mol. The fraction of sp³-hybridized carbons (Fsp3) is 0.500. The second-order valence-corrected chi connectivity index (χ2v) is 6.07. The highest BCUT2D eigenvalue weighted by Gasteiger charge is 2.15. The number of nitrogens with two attached hydrogens (primary N) is 1. The zero-order valence-corrected chi connectivity index (χ0v) is 13.3. The number of hydrogen-bond acceptors (Lipinski definition) is 4. The molecule has 20 heavy (non-hydrogen) atoms. The van der Waals surface area contributed by atoms with Crippen LogP contribution in [0.1, 0.15) is 5.56 Å². The van der Waals surface area contributed by atoms with Crippen LogP contribution in [-0.2, 0) is 21.4 Å². The van der Waals surface area contributed by atoms with E-state index in [0.29, 0.717) is 31.8 Å². The molecule has 0 aliphatic heterocycles. The Hall–Kier alpha value is -0.860. The summed E-state index contributed by atoms with van der Waals surface area (Å²) in [5.41, 5.74) is 7.32. The third-order valence-corrected chi connectivity index (χ3v) is 4.27. The zero-order chi connectivity index (χ0) is 14.3. The van der Waals surface area contributed by atoms with Crippen molar-refractivity contribution >= 4 is 28.3 Å². The van der Waals surface area contributed by atoms with Crippen molar-refractivity contribution in [2.45, 2.75) is 6.42 Å². The van der Waals surface area contributed by atoms with Crippen molar-refractivity contribution in [3.05, 3.63) is 29.8 Å². The first-order valence-corrected chi connectivity index (χ1v) is 7.44. The van der Waals surface area contributed by atoms with Crippen molar-refractivity contribution in [1.29, 1.82) is 0 Å². The van der Waals surface area contributed by atoms with E-state index < -0.39 is 10.2 Å². The number of halogens is 1. The second-order valence-electron chi connectivity index (χ2n) is 4.21. The van der Waals surface area contributed by atoms with Crippen LogP contribution in [0.5, 0.6) is 0 Å². The van der Waals surface area contributed by atoms with Crippen molar-refractivity contribution in [3.8, 4) is 0 Å². The smallest absolute Gasteiger partial charge is 0.279 e. The van der Waals surface area contributed by atoms with Gasteiger partial charge in [-0.25, -0.2) is 4.72 Å². The number of nitrogen functional groups attached to an aromatic ring is 1. The maximum Gasteiger partial charge on any atom is 0.279 e. The topological polar surface area (TPSA) is 84.7 Å². The van der Waals surface area contributed by atoms with Gasteiger partial charge >= 0.3 is 0 Å². The van der Waals surface area contributed by atoms with Crippen LogP contribution in [0, 0.1) is 0 Å². The molecule has 0 aliphatic carbocycles. The first-order chi connectivity index (χ1) is 8.95. The van der Waals surface area contributed by atoms with Crippen molar-refractivity contribution in [1.82, 2.24) is 9.03 Å². The molecule has 1 rings (SSSR count). The average molecular weight is 324 g/mol. The number of likely N-dealkylation sites (N-methyl/N-ethyl adjacent to an activating group) is 1. The van der Waals surface area contributed by atoms with Gasteiger partial charge < -0.3 is 10.5 Å². The Morgan fingerprint density at radius 3 is 2.45 bits per heavy atom. The molecule has 0 fully saturated rings. The lowest BCUT2D eigenvalue weighted by Crippen LogP contribution is -2.40. The van der Waals surface area contributed by atoms with Crippen molar-refractivity contribution in [2.24, 2.45) is 0 Å². The summed E-state index contributed by atoms with van der Waals surface area (Å²) in [5.74, 6) is 0. The Bertz CT molecular complexity index is 479. The zero-order valence-electron chi connectivity index (χ0n) is 11.7. The maximum atomic E-state index is 11.8. The summed E-state index contributed by atoms with van der Waals surface area (Å²) in [5, 5.41) is 0. The van der Waals surface area contributed by atoms with Gasteiger partial charge in [-0.2, -0.15) is 12.7 Å². The van der Waals surface area contributed by atoms with Crippen LogP contribution in [0.2, 0.25) is 0 Å². The fourth-order valence-corrected chi connectivity index (χ4v) is 2.35. The third kappa shape index (κ3) is 6.53. The van der Waals surface area contributed by atoms with Gasteiger partial charge in [0.2, 0.25) is 0 Å². The van der Waals surface area contributed by atoms with Gasteiger partial charge in [0.15, 0.2) is 0 Å². The molecular weight excluding hydrogens is 302 g/mol. The average Bonchev–Trinajstić information content (AvgIpc) is 2.38. The molecule has 0 heterocycles. The van der Waals surface area contributed by atoms with E-state index in [1.807, 2.05) is 12.1 Å². The van der Waals surface area contributed by atoms with Crippen molar-refractivity contribution in [3.63, 3.8) is 0 Å². The van der Waals surface area contributed by atoms with Crippen LogP contribution >= 0.6 is 12.4 Å². The predicted octanol–water partition coefficient (Wildman–Crippen LogP) is 0.646. The predicted molar refractivity (Wildman–Crippen MR) is 83.2 cm³/mol. The van der Waals surface area contributed by atoms with E-state index >= 15 is 0 Å². The summed E-state index contributed by atoms with van der Waals surface area (Å²) < 4.78 is 32.3. The molecule has 0 atom stereocenters. The summed E-state index contributed by atoms with van der Waals surface area (Å²) in [6.45, 7) is 1.05. The van der Waals surface area contributed by atoms with Crippen LogP contribution in [-0.4, -0.2) is 46.6 Å². The highest BCUT2D eigenvalue weighted by atomic mass is 35.5. The number of hydrogen-bond donors (Lipinski definition) is 2. The summed E-state index contributed by atoms with van der Waals surface area (Å²) in [4.78, 5) is 0. The number of benzene rings is 1. The molecule has 3 N–H and O–H groups in total. The van der Waals surface area contributed by atoms with Gasteiger partial charge in [-0.15, -0.1) is 12.4 Å². The molecule has 8 heteroatoms. The van der Waals surface area contributed by atoms with Gasteiger partial charge in [0.1, 0.15) is 0 Å². The fourth-order valence-electron chi connectivity index (χ4n) is 1.46. The minimum Gasteiger partial charge on any atom is -0.399 e. The molecule has 0 spiro atoms. The van der Waals surface area contributed by atoms with Crippen LogP contribution in [0.25, 0.3) is 0 Å². The molecule has 6 nitrogen and oxygen atoms in total. The molecule has 1 aromatic rings. The van der Waals surface area contributed by atoms with E-state index in [1.54, 1.807) is 12.1 Å². The van der Waals surface area contributed by atoms with E-state index in [0.717, 1.165) is 5.56 Å². The molecule has 0 radical (unpaired) electrons. The lowest BCUT2D eigenvalue weighted by atomic mass is 10.1. The Kier molecular flexibility index (Phi) is 8.75. The molecular formula is C12H22ClN3O3S. The number of nitrogens with zero attached hydrogens (tertiary/aromatic N) is 1. The van der Waals surface area contributed by atoms with Gasteiger partial charge in [-0.3, -0.25) is 0 Å². The lowest BCUT2D eigenvalue weighted by molar-refractivity contribution is 0.184. The molecule has 0 bridgehead atoms. The van der Waals surface area contributed by atoms with Gasteiger partial charge in [-0.1, -0.05) is 12.1 Å². The standard InChI is InChI=1S/C12H21N3O3S.ClH/c1-15(9-10-18-2)19(16,17)14-8-7-11-3-5-12(13)6-4-11;/h3-6,14H,7-10,13H2,1-2H3;1H. The Morgan fingerprint density at radius 1 is 1.30 bits per heavy atom. The molecule has 0 saturated carbocycles. The number of methoxy groups -OCH3 is 1. The third-order valence-electron chi connectivity index (χ3n) is 2.70. The van der Waals surface area contributed by atoms with Crippen LogP contribution in [0.15, 0.2) is 24.3 Å². The van der Waals surface area contributed by atoms with Gasteiger partial charge in [-0.05, 0) is 24.1 Å². The Morgan fingerprint density at radius 2 is 1.90 bits per heavy atom. The van der Waals surface area contributed by atoms with E-state index in [2.05, 4.69) is 4.72 Å². The SMILES string of the molecule is COCCN(C)S(=O)(=O)NCCc1ccc(N)cc1.Cl. The lowest BCUT2D eigenvalue weighted by Gasteiger charge is -2.17. The Balaban J connectivity index is 0.00000361. The number of nitrogens with one attached hydrogen (secondary N) is 1. The van der Waals surface area contributed by atoms with Crippen LogP contribution < -0.4 is 10.5 Å². The minimum absolute atomic E-state index is 0. The second kappa shape index (κ2) is 9.15. The highest BCUT2D eigenvalue weighted by Crippen LogP contribution is 2.05. The number of anilines is 1. The van der Waals surface area contributed by atoms with Crippen molar-refractivity contribution < 1.29 is 13.2 Å². The Labute approximate surface area is 126 Å². The van der Waals surface area contributed by atoms with Crippen molar-refractivity contribution in [2.75, 3.05) is 39.6 Å². The van der Waals surface area contributed by atoms with E-state index in [-0.39, 0.29) is 12.4 Å². The molecule has 0 saturated heterocycles. The van der Waals surface area contributed by atoms with Gasteiger partial charge in [0.25, 0.3) is 10.2 Å². The van der Waals surface area contributed by atoms with Crippen LogP contribution in [0.4, 0.5) is 5.69 Å². The largest absolute Gasteiger partial charge is 0.399 e. The van der Waals surface area contributed by atoms with Gasteiger partial charge in [0.05, 0.1) is 6.61 Å². The molecule has 116 valence electrons. The first-order valence-electron chi connectivity index (χ1n) is 6.00. The van der Waals surface area contributed by atoms with Gasteiger partial charge in [0, 0.05) is 32.9 Å². The summed E-state index contributed by atoms with van der Waals surface area (Å²) in [6.07, 6.45) is 0.623. The summed E-state index contributed by atoms with van der Waals surface area (Å²) in [6, 6.07) is 7.37. The normalized spacial score (nSPS) is 11.3. The quantitative estimate of drug-likeness (QED) is 0.688. The number of rotatable bonds is 8. The summed E-state index contributed by atoms with van der Waals surface area (Å²) >= 11 is 0. The van der Waals surface area contributed by atoms with E-state index in [9.17, 15) is 8.42 Å².